The van der Waals surface area contributed by atoms with E-state index in [9.17, 15) is 19.5 Å². The molecule has 1 aromatic carbocycles. The normalized spacial score (nSPS) is 21.9. The predicted octanol–water partition coefficient (Wildman–Crippen LogP) is 0.662. The lowest BCUT2D eigenvalue weighted by Gasteiger charge is -2.44. The zero-order valence-electron chi connectivity index (χ0n) is 19.6. The van der Waals surface area contributed by atoms with Crippen LogP contribution in [0.25, 0.3) is 10.9 Å². The Hall–Kier alpha value is -3.15. The number of β-lactam (4-membered cyclic amide) rings is 2. The molecule has 34 heavy (non-hydrogen) atoms. The van der Waals surface area contributed by atoms with Gasteiger partial charge < -0.3 is 20.5 Å². The number of ether oxygens (including phenoxy) is 1. The first-order valence-corrected chi connectivity index (χ1v) is 11.4. The number of methoxy groups -OCH3 is 1. The number of hydrogen-bond donors (Lipinski definition) is 4. The smallest absolute Gasteiger partial charge is 0.289 e. The van der Waals surface area contributed by atoms with Gasteiger partial charge in [-0.25, -0.2) is 20.4 Å². The van der Waals surface area contributed by atoms with E-state index in [1.54, 1.807) is 7.11 Å². The Morgan fingerprint density at radius 2 is 1.91 bits per heavy atom. The lowest BCUT2D eigenvalue weighted by molar-refractivity contribution is -0.192. The third-order valence-corrected chi connectivity index (χ3v) is 6.27. The van der Waals surface area contributed by atoms with Crippen LogP contribution in [0, 0.1) is 6.92 Å². The Kier molecular flexibility index (Phi) is 6.78. The molecule has 1 saturated heterocycles. The number of anilines is 1. The maximum absolute atomic E-state index is 12.6. The molecule has 4 rings (SSSR count). The van der Waals surface area contributed by atoms with Gasteiger partial charge in [-0.15, -0.1) is 0 Å². The number of aliphatic hydroxyl groups is 1. The van der Waals surface area contributed by atoms with Crippen molar-refractivity contribution in [3.05, 3.63) is 29.6 Å². The van der Waals surface area contributed by atoms with Crippen LogP contribution in [0.5, 0.6) is 0 Å². The lowest BCUT2D eigenvalue weighted by atomic mass is 9.89. The number of amides is 3. The summed E-state index contributed by atoms with van der Waals surface area (Å²) in [6.45, 7) is 3.87. The van der Waals surface area contributed by atoms with E-state index in [4.69, 9.17) is 4.74 Å². The van der Waals surface area contributed by atoms with E-state index in [2.05, 4.69) is 26.0 Å². The van der Waals surface area contributed by atoms with Crippen LogP contribution in [0.15, 0.2) is 18.2 Å². The first kappa shape index (κ1) is 24.0. The molecule has 2 aliphatic rings. The molecule has 0 radical (unpaired) electrons. The minimum absolute atomic E-state index is 0.0411. The summed E-state index contributed by atoms with van der Waals surface area (Å²) in [6.07, 6.45) is 3.39. The predicted molar refractivity (Wildman–Crippen MR) is 124 cm³/mol. The van der Waals surface area contributed by atoms with Crippen molar-refractivity contribution < 1.29 is 24.2 Å². The van der Waals surface area contributed by atoms with Gasteiger partial charge in [0.2, 0.25) is 11.4 Å². The fraction of sp³-hybridized carbons (Fsp3) is 0.522. The number of aromatic nitrogens is 2. The van der Waals surface area contributed by atoms with Crippen molar-refractivity contribution in [2.45, 2.75) is 57.2 Å². The number of hydrogen-bond acceptors (Lipinski definition) is 9. The van der Waals surface area contributed by atoms with Crippen LogP contribution in [0.1, 0.15) is 48.8 Å². The van der Waals surface area contributed by atoms with Crippen molar-refractivity contribution in [3.8, 4) is 0 Å². The molecule has 2 fully saturated rings. The molecule has 2 aromatic rings. The first-order valence-electron chi connectivity index (χ1n) is 11.4. The van der Waals surface area contributed by atoms with Crippen LogP contribution in [0.4, 0.5) is 5.82 Å². The third-order valence-electron chi connectivity index (χ3n) is 6.27. The Morgan fingerprint density at radius 3 is 2.62 bits per heavy atom. The summed E-state index contributed by atoms with van der Waals surface area (Å²) >= 11 is 0. The molecule has 0 bridgehead atoms. The SMILES string of the molecule is COCCNC(=O)c1nc(N[C@H]2CCCC[C@H]2NN2C(=O)C(C)(O)C2=O)c2cc(C)ccc2n1. The number of nitrogens with zero attached hydrogens (tertiary/aromatic N) is 3. The van der Waals surface area contributed by atoms with Gasteiger partial charge in [-0.05, 0) is 38.8 Å². The average molecular weight is 471 g/mol. The number of fused-ring (bicyclic) bond motifs is 1. The van der Waals surface area contributed by atoms with Crippen molar-refractivity contribution in [2.75, 3.05) is 25.6 Å². The summed E-state index contributed by atoms with van der Waals surface area (Å²) in [7, 11) is 1.56. The number of carbonyl (C=O) groups excluding carboxylic acids is 3. The van der Waals surface area contributed by atoms with Crippen molar-refractivity contribution in [3.63, 3.8) is 0 Å². The Bertz CT molecular complexity index is 1100. The van der Waals surface area contributed by atoms with E-state index in [0.29, 0.717) is 24.5 Å². The van der Waals surface area contributed by atoms with Gasteiger partial charge in [0.25, 0.3) is 17.7 Å². The molecule has 182 valence electrons. The molecule has 1 aromatic heterocycles. The summed E-state index contributed by atoms with van der Waals surface area (Å²) in [6, 6.07) is 5.31. The Morgan fingerprint density at radius 1 is 1.21 bits per heavy atom. The van der Waals surface area contributed by atoms with Crippen LogP contribution in [-0.4, -0.2) is 75.8 Å². The molecule has 0 spiro atoms. The van der Waals surface area contributed by atoms with Gasteiger partial charge in [0.15, 0.2) is 0 Å². The second kappa shape index (κ2) is 9.61. The van der Waals surface area contributed by atoms with Gasteiger partial charge in [0, 0.05) is 31.1 Å². The highest BCUT2D eigenvalue weighted by atomic mass is 16.5. The van der Waals surface area contributed by atoms with Crippen LogP contribution in [0.2, 0.25) is 0 Å². The highest BCUT2D eigenvalue weighted by Crippen LogP contribution is 2.29. The van der Waals surface area contributed by atoms with Crippen molar-refractivity contribution in [1.82, 2.24) is 25.7 Å². The van der Waals surface area contributed by atoms with E-state index in [1.165, 1.54) is 6.92 Å². The molecular formula is C23H30N6O5. The average Bonchev–Trinajstić information content (AvgIpc) is 2.83. The number of aryl methyl sites for hydroxylation is 1. The molecule has 1 aliphatic carbocycles. The highest BCUT2D eigenvalue weighted by molar-refractivity contribution is 6.23. The van der Waals surface area contributed by atoms with E-state index in [1.807, 2.05) is 25.1 Å². The molecule has 11 nitrogen and oxygen atoms in total. The summed E-state index contributed by atoms with van der Waals surface area (Å²) in [5.74, 6) is -1.18. The third kappa shape index (κ3) is 4.59. The molecule has 2 heterocycles. The topological polar surface area (TPSA) is 146 Å². The molecule has 4 N–H and O–H groups in total. The van der Waals surface area contributed by atoms with Crippen molar-refractivity contribution in [2.24, 2.45) is 0 Å². The van der Waals surface area contributed by atoms with Crippen LogP contribution in [-0.2, 0) is 14.3 Å². The minimum Gasteiger partial charge on any atom is -0.383 e. The lowest BCUT2D eigenvalue weighted by Crippen LogP contribution is -2.75. The molecular weight excluding hydrogens is 440 g/mol. The maximum atomic E-state index is 12.6. The number of imide groups is 1. The monoisotopic (exact) mass is 470 g/mol. The summed E-state index contributed by atoms with van der Waals surface area (Å²) in [5.41, 5.74) is 2.66. The number of hydrazine groups is 1. The summed E-state index contributed by atoms with van der Waals surface area (Å²) in [5, 5.41) is 17.7. The number of nitrogens with one attached hydrogen (secondary N) is 3. The van der Waals surface area contributed by atoms with Crippen molar-refractivity contribution in [1.29, 1.82) is 0 Å². The van der Waals surface area contributed by atoms with Crippen LogP contribution < -0.4 is 16.1 Å². The fourth-order valence-corrected chi connectivity index (χ4v) is 4.28. The van der Waals surface area contributed by atoms with Gasteiger partial charge in [0.05, 0.1) is 12.1 Å². The molecule has 1 saturated carbocycles. The van der Waals surface area contributed by atoms with Gasteiger partial charge in [-0.3, -0.25) is 14.4 Å². The summed E-state index contributed by atoms with van der Waals surface area (Å²) in [4.78, 5) is 45.9. The number of benzene rings is 1. The van der Waals surface area contributed by atoms with E-state index in [-0.39, 0.29) is 17.9 Å². The largest absolute Gasteiger partial charge is 0.383 e. The minimum atomic E-state index is -1.98. The van der Waals surface area contributed by atoms with Crippen molar-refractivity contribution >= 4 is 34.4 Å². The summed E-state index contributed by atoms with van der Waals surface area (Å²) < 4.78 is 4.98. The molecule has 0 unspecified atom stereocenters. The van der Waals surface area contributed by atoms with Gasteiger partial charge >= 0.3 is 0 Å². The zero-order valence-corrected chi connectivity index (χ0v) is 19.6. The highest BCUT2D eigenvalue weighted by Gasteiger charge is 2.58. The Labute approximate surface area is 197 Å². The second-order valence-corrected chi connectivity index (χ2v) is 8.95. The maximum Gasteiger partial charge on any atom is 0.289 e. The number of carbonyl (C=O) groups is 3. The van der Waals surface area contributed by atoms with Gasteiger partial charge in [-0.1, -0.05) is 24.5 Å². The van der Waals surface area contributed by atoms with Crippen LogP contribution in [0.3, 0.4) is 0 Å². The van der Waals surface area contributed by atoms with E-state index < -0.39 is 23.3 Å². The molecule has 3 amide bonds. The zero-order chi connectivity index (χ0) is 24.5. The second-order valence-electron chi connectivity index (χ2n) is 8.95. The Balaban J connectivity index is 1.59. The standard InChI is InChI=1S/C23H30N6O5/c1-13-8-9-15-14(12-13)18(27-19(25-15)20(30)24-10-11-34-3)26-16-6-4-5-7-17(16)28-29-21(31)23(2,33)22(29)32/h8-9,12,16-17,28,33H,4-7,10-11H2,1-3H3,(H,24,30)(H,25,26,27)/t16-,17+/m0/s1. The fourth-order valence-electron chi connectivity index (χ4n) is 4.28. The molecule has 1 aliphatic heterocycles. The number of rotatable bonds is 8. The van der Waals surface area contributed by atoms with Crippen LogP contribution >= 0.6 is 0 Å². The van der Waals surface area contributed by atoms with Gasteiger partial charge in [0.1, 0.15) is 5.82 Å². The van der Waals surface area contributed by atoms with Gasteiger partial charge in [-0.2, -0.15) is 0 Å². The van der Waals surface area contributed by atoms with E-state index in [0.717, 1.165) is 41.6 Å². The molecule has 11 heteroatoms. The van der Waals surface area contributed by atoms with E-state index >= 15 is 0 Å². The molecule has 2 atom stereocenters. The quantitative estimate of drug-likeness (QED) is 0.248. The first-order chi connectivity index (χ1) is 16.2.